The summed E-state index contributed by atoms with van der Waals surface area (Å²) in [5.41, 5.74) is 0.655. The Morgan fingerprint density at radius 1 is 1.27 bits per heavy atom. The maximum atomic E-state index is 12.1. The van der Waals surface area contributed by atoms with Crippen LogP contribution in [0.2, 0.25) is 0 Å². The molecule has 3 atom stereocenters. The Morgan fingerprint density at radius 3 is 2.73 bits per heavy atom. The number of rotatable bonds is 12. The van der Waals surface area contributed by atoms with Gasteiger partial charge in [0.2, 0.25) is 0 Å². The van der Waals surface area contributed by atoms with Gasteiger partial charge in [-0.3, -0.25) is 9.59 Å². The van der Waals surface area contributed by atoms with Crippen LogP contribution in [-0.4, -0.2) is 41.3 Å². The van der Waals surface area contributed by atoms with Crippen molar-refractivity contribution in [2.24, 2.45) is 5.92 Å². The maximum absolute atomic E-state index is 12.1. The molecule has 0 bridgehead atoms. The Morgan fingerprint density at radius 2 is 2.04 bits per heavy atom. The van der Waals surface area contributed by atoms with Crippen molar-refractivity contribution in [1.29, 1.82) is 0 Å². The number of unbranched alkanes of at least 4 members (excludes halogenated alkanes) is 5. The van der Waals surface area contributed by atoms with E-state index in [9.17, 15) is 19.8 Å². The highest BCUT2D eigenvalue weighted by molar-refractivity contribution is 5.99. The number of carbonyl (C=O) groups is 2. The van der Waals surface area contributed by atoms with Crippen molar-refractivity contribution in [2.75, 3.05) is 7.11 Å². The van der Waals surface area contributed by atoms with Crippen molar-refractivity contribution in [2.45, 2.75) is 83.3 Å². The summed E-state index contributed by atoms with van der Waals surface area (Å²) in [5, 5.41) is 20.1. The molecule has 0 aromatic heterocycles. The Hall–Kier alpha value is -1.46. The summed E-state index contributed by atoms with van der Waals surface area (Å²) < 4.78 is 4.60. The Kier molecular flexibility index (Phi) is 11.1. The molecule has 0 radical (unpaired) electrons. The van der Waals surface area contributed by atoms with E-state index in [1.54, 1.807) is 12.2 Å². The van der Waals surface area contributed by atoms with Gasteiger partial charge in [-0.2, -0.15) is 0 Å². The average molecular weight is 366 g/mol. The predicted molar refractivity (Wildman–Crippen MR) is 102 cm³/mol. The number of carbonyl (C=O) groups excluding carboxylic acids is 2. The molecule has 148 valence electrons. The first-order chi connectivity index (χ1) is 12.5. The van der Waals surface area contributed by atoms with E-state index in [2.05, 4.69) is 11.7 Å². The summed E-state index contributed by atoms with van der Waals surface area (Å²) >= 11 is 0. The quantitative estimate of drug-likeness (QED) is 0.239. The molecule has 5 nitrogen and oxygen atoms in total. The van der Waals surface area contributed by atoms with Crippen molar-refractivity contribution in [1.82, 2.24) is 0 Å². The molecule has 0 spiro atoms. The molecule has 1 rings (SSSR count). The van der Waals surface area contributed by atoms with E-state index in [-0.39, 0.29) is 24.1 Å². The normalized spacial score (nSPS) is 23.1. The van der Waals surface area contributed by atoms with Crippen LogP contribution in [0.5, 0.6) is 0 Å². The molecule has 0 unspecified atom stereocenters. The van der Waals surface area contributed by atoms with E-state index in [0.29, 0.717) is 18.4 Å². The molecular formula is C21H34O5. The highest BCUT2D eigenvalue weighted by Gasteiger charge is 2.34. The highest BCUT2D eigenvalue weighted by atomic mass is 16.5. The number of esters is 1. The van der Waals surface area contributed by atoms with Gasteiger partial charge in [0, 0.05) is 24.3 Å². The van der Waals surface area contributed by atoms with Gasteiger partial charge in [0.25, 0.3) is 0 Å². The van der Waals surface area contributed by atoms with Crippen molar-refractivity contribution in [3.8, 4) is 0 Å². The molecule has 5 heteroatoms. The molecule has 0 aromatic rings. The maximum Gasteiger partial charge on any atom is 0.305 e. The molecule has 0 amide bonds. The molecule has 1 aliphatic carbocycles. The van der Waals surface area contributed by atoms with Crippen LogP contribution < -0.4 is 0 Å². The molecular weight excluding hydrogens is 332 g/mol. The molecule has 0 heterocycles. The van der Waals surface area contributed by atoms with Gasteiger partial charge in [-0.05, 0) is 25.7 Å². The van der Waals surface area contributed by atoms with Crippen LogP contribution in [0.3, 0.4) is 0 Å². The fourth-order valence-corrected chi connectivity index (χ4v) is 3.21. The SMILES string of the molecule is CCCCC[C@H](O)C=C[C@@H]1C(=CCCCCCC(=O)OC)C(=O)C[C@H]1O. The van der Waals surface area contributed by atoms with Crippen LogP contribution in [0.4, 0.5) is 0 Å². The first-order valence-corrected chi connectivity index (χ1v) is 9.84. The number of hydrogen-bond donors (Lipinski definition) is 2. The van der Waals surface area contributed by atoms with Crippen molar-refractivity contribution in [3.05, 3.63) is 23.8 Å². The summed E-state index contributed by atoms with van der Waals surface area (Å²) in [7, 11) is 1.39. The predicted octanol–water partition coefficient (Wildman–Crippen LogP) is 3.48. The number of Topliss-reactive ketones (excluding diaryl/α,β-unsaturated/α-hetero) is 1. The molecule has 0 saturated heterocycles. The van der Waals surface area contributed by atoms with Gasteiger partial charge < -0.3 is 14.9 Å². The largest absolute Gasteiger partial charge is 0.469 e. The first kappa shape index (κ1) is 22.6. The summed E-state index contributed by atoms with van der Waals surface area (Å²) in [4.78, 5) is 23.2. The van der Waals surface area contributed by atoms with Gasteiger partial charge in [-0.15, -0.1) is 0 Å². The molecule has 0 aliphatic heterocycles. The zero-order valence-corrected chi connectivity index (χ0v) is 16.2. The average Bonchev–Trinajstić information content (AvgIpc) is 2.89. The zero-order chi connectivity index (χ0) is 19.4. The fraction of sp³-hybridized carbons (Fsp3) is 0.714. The lowest BCUT2D eigenvalue weighted by Crippen LogP contribution is -2.13. The van der Waals surface area contributed by atoms with E-state index in [1.165, 1.54) is 7.11 Å². The van der Waals surface area contributed by atoms with Gasteiger partial charge >= 0.3 is 5.97 Å². The number of aliphatic hydroxyl groups excluding tert-OH is 2. The molecule has 2 N–H and O–H groups in total. The number of allylic oxidation sites excluding steroid dienone is 1. The van der Waals surface area contributed by atoms with Crippen LogP contribution >= 0.6 is 0 Å². The Balaban J connectivity index is 2.47. The van der Waals surface area contributed by atoms with Crippen LogP contribution in [0.1, 0.15) is 71.1 Å². The van der Waals surface area contributed by atoms with Gasteiger partial charge in [0.15, 0.2) is 5.78 Å². The fourth-order valence-electron chi connectivity index (χ4n) is 3.21. The van der Waals surface area contributed by atoms with Gasteiger partial charge in [-0.25, -0.2) is 0 Å². The Bertz CT molecular complexity index is 495. The number of methoxy groups -OCH3 is 1. The van der Waals surface area contributed by atoms with Crippen LogP contribution in [0, 0.1) is 5.92 Å². The minimum absolute atomic E-state index is 0.0119. The second kappa shape index (κ2) is 12.8. The molecule has 1 fully saturated rings. The van der Waals surface area contributed by atoms with E-state index in [0.717, 1.165) is 44.9 Å². The molecule has 26 heavy (non-hydrogen) atoms. The van der Waals surface area contributed by atoms with E-state index >= 15 is 0 Å². The van der Waals surface area contributed by atoms with Gasteiger partial charge in [-0.1, -0.05) is 50.8 Å². The molecule has 1 aliphatic rings. The summed E-state index contributed by atoms with van der Waals surface area (Å²) in [6, 6.07) is 0. The minimum atomic E-state index is -0.702. The van der Waals surface area contributed by atoms with E-state index < -0.39 is 12.2 Å². The smallest absolute Gasteiger partial charge is 0.305 e. The van der Waals surface area contributed by atoms with Crippen LogP contribution in [0.15, 0.2) is 23.8 Å². The lowest BCUT2D eigenvalue weighted by molar-refractivity contribution is -0.140. The highest BCUT2D eigenvalue weighted by Crippen LogP contribution is 2.30. The van der Waals surface area contributed by atoms with E-state index in [4.69, 9.17) is 0 Å². The first-order valence-electron chi connectivity index (χ1n) is 9.84. The lowest BCUT2D eigenvalue weighted by atomic mass is 9.97. The molecule has 1 saturated carbocycles. The number of hydrogen-bond acceptors (Lipinski definition) is 5. The standard InChI is InChI=1S/C21H34O5/c1-3-4-7-10-16(22)13-14-18-17(19(23)15-20(18)24)11-8-5-6-9-12-21(25)26-2/h11,13-14,16,18,20,22,24H,3-10,12,15H2,1-2H3/t16-,18+,20+/m0/s1. The zero-order valence-electron chi connectivity index (χ0n) is 16.2. The van der Waals surface area contributed by atoms with Crippen molar-refractivity contribution < 1.29 is 24.5 Å². The van der Waals surface area contributed by atoms with Gasteiger partial charge in [0.1, 0.15) is 0 Å². The summed E-state index contributed by atoms with van der Waals surface area (Å²) in [6.07, 6.45) is 12.0. The third-order valence-electron chi connectivity index (χ3n) is 4.81. The third kappa shape index (κ3) is 8.28. The topological polar surface area (TPSA) is 83.8 Å². The summed E-state index contributed by atoms with van der Waals surface area (Å²) in [5.74, 6) is -0.527. The number of ketones is 1. The Labute approximate surface area is 157 Å². The van der Waals surface area contributed by atoms with Crippen LogP contribution in [-0.2, 0) is 14.3 Å². The lowest BCUT2D eigenvalue weighted by Gasteiger charge is -2.12. The number of aliphatic hydroxyl groups is 2. The van der Waals surface area contributed by atoms with Crippen molar-refractivity contribution >= 4 is 11.8 Å². The van der Waals surface area contributed by atoms with Crippen LogP contribution in [0.25, 0.3) is 0 Å². The minimum Gasteiger partial charge on any atom is -0.469 e. The number of ether oxygens (including phenoxy) is 1. The van der Waals surface area contributed by atoms with E-state index in [1.807, 2.05) is 6.08 Å². The third-order valence-corrected chi connectivity index (χ3v) is 4.81. The molecule has 0 aromatic carbocycles. The second-order valence-corrected chi connectivity index (χ2v) is 7.00. The second-order valence-electron chi connectivity index (χ2n) is 7.00. The van der Waals surface area contributed by atoms with Gasteiger partial charge in [0.05, 0.1) is 19.3 Å². The summed E-state index contributed by atoms with van der Waals surface area (Å²) in [6.45, 7) is 2.12. The monoisotopic (exact) mass is 366 g/mol. The van der Waals surface area contributed by atoms with Crippen molar-refractivity contribution in [3.63, 3.8) is 0 Å².